The number of rotatable bonds is 6. The molecule has 3 N–H and O–H groups in total. The standard InChI is InChI=1S/C14H21N5/c1-11(2)12(7-15)8-17-13-3-4-14(18-9-13)19-6-5-16-10-19/h3-6,9-12,17H,7-8,15H2,1-2H3. The van der Waals surface area contributed by atoms with Gasteiger partial charge in [0.1, 0.15) is 12.1 Å². The third-order valence-electron chi connectivity index (χ3n) is 3.33. The third kappa shape index (κ3) is 3.54. The molecule has 2 aromatic heterocycles. The fourth-order valence-corrected chi connectivity index (χ4v) is 1.88. The molecule has 19 heavy (non-hydrogen) atoms. The molecule has 5 heteroatoms. The van der Waals surface area contributed by atoms with Gasteiger partial charge in [0.25, 0.3) is 0 Å². The Kier molecular flexibility index (Phi) is 4.52. The van der Waals surface area contributed by atoms with Crippen molar-refractivity contribution < 1.29 is 0 Å². The molecule has 2 heterocycles. The van der Waals surface area contributed by atoms with E-state index in [1.54, 1.807) is 12.5 Å². The van der Waals surface area contributed by atoms with Crippen molar-refractivity contribution in [1.82, 2.24) is 14.5 Å². The maximum absolute atomic E-state index is 5.76. The van der Waals surface area contributed by atoms with Crippen LogP contribution >= 0.6 is 0 Å². The topological polar surface area (TPSA) is 68.8 Å². The highest BCUT2D eigenvalue weighted by molar-refractivity contribution is 5.43. The Hall–Kier alpha value is -1.88. The van der Waals surface area contributed by atoms with Crippen molar-refractivity contribution in [1.29, 1.82) is 0 Å². The lowest BCUT2D eigenvalue weighted by Gasteiger charge is -2.19. The van der Waals surface area contributed by atoms with Gasteiger partial charge in [-0.3, -0.25) is 4.57 Å². The van der Waals surface area contributed by atoms with Gasteiger partial charge in [0.15, 0.2) is 0 Å². The highest BCUT2D eigenvalue weighted by atomic mass is 15.1. The van der Waals surface area contributed by atoms with E-state index in [0.29, 0.717) is 18.4 Å². The number of nitrogens with one attached hydrogen (secondary N) is 1. The van der Waals surface area contributed by atoms with Crippen LogP contribution in [0.5, 0.6) is 0 Å². The maximum atomic E-state index is 5.76. The summed E-state index contributed by atoms with van der Waals surface area (Å²) >= 11 is 0. The summed E-state index contributed by atoms with van der Waals surface area (Å²) in [6, 6.07) is 3.99. The van der Waals surface area contributed by atoms with Crippen molar-refractivity contribution in [2.45, 2.75) is 13.8 Å². The number of nitrogens with two attached hydrogens (primary N) is 1. The average Bonchev–Trinajstić information content (AvgIpc) is 2.94. The minimum atomic E-state index is 0.480. The van der Waals surface area contributed by atoms with E-state index in [0.717, 1.165) is 18.1 Å². The Morgan fingerprint density at radius 3 is 2.74 bits per heavy atom. The lowest BCUT2D eigenvalue weighted by molar-refractivity contribution is 0.413. The fraction of sp³-hybridized carbons (Fsp3) is 0.429. The van der Waals surface area contributed by atoms with E-state index in [-0.39, 0.29) is 0 Å². The molecule has 5 nitrogen and oxygen atoms in total. The zero-order chi connectivity index (χ0) is 13.7. The molecule has 0 aliphatic rings. The highest BCUT2D eigenvalue weighted by Crippen LogP contribution is 2.13. The fourth-order valence-electron chi connectivity index (χ4n) is 1.88. The molecule has 2 aromatic rings. The molecule has 1 unspecified atom stereocenters. The van der Waals surface area contributed by atoms with Gasteiger partial charge >= 0.3 is 0 Å². The van der Waals surface area contributed by atoms with Gasteiger partial charge in [-0.25, -0.2) is 9.97 Å². The Bertz CT molecular complexity index is 475. The largest absolute Gasteiger partial charge is 0.383 e. The van der Waals surface area contributed by atoms with Gasteiger partial charge in [-0.1, -0.05) is 13.8 Å². The molecule has 0 bridgehead atoms. The number of hydrogen-bond acceptors (Lipinski definition) is 4. The molecule has 102 valence electrons. The lowest BCUT2D eigenvalue weighted by Crippen LogP contribution is -2.27. The van der Waals surface area contributed by atoms with Crippen LogP contribution in [0.4, 0.5) is 5.69 Å². The summed E-state index contributed by atoms with van der Waals surface area (Å²) < 4.78 is 1.88. The quantitative estimate of drug-likeness (QED) is 0.831. The Balaban J connectivity index is 1.96. The first-order chi connectivity index (χ1) is 9.20. The predicted octanol–water partition coefficient (Wildman–Crippen LogP) is 1.91. The molecule has 0 spiro atoms. The van der Waals surface area contributed by atoms with E-state index in [1.807, 2.05) is 29.1 Å². The van der Waals surface area contributed by atoms with Crippen LogP contribution in [0.25, 0.3) is 5.82 Å². The summed E-state index contributed by atoms with van der Waals surface area (Å²) in [7, 11) is 0. The lowest BCUT2D eigenvalue weighted by atomic mass is 9.96. The molecule has 0 fully saturated rings. The third-order valence-corrected chi connectivity index (χ3v) is 3.33. The van der Waals surface area contributed by atoms with Crippen LogP contribution in [0.15, 0.2) is 37.1 Å². The normalized spacial score (nSPS) is 12.6. The van der Waals surface area contributed by atoms with E-state index in [9.17, 15) is 0 Å². The van der Waals surface area contributed by atoms with Crippen LogP contribution in [0, 0.1) is 11.8 Å². The van der Waals surface area contributed by atoms with Gasteiger partial charge in [-0.15, -0.1) is 0 Å². The molecular formula is C14H21N5. The second kappa shape index (κ2) is 6.33. The highest BCUT2D eigenvalue weighted by Gasteiger charge is 2.10. The zero-order valence-corrected chi connectivity index (χ0v) is 11.5. The minimum Gasteiger partial charge on any atom is -0.383 e. The molecular weight excluding hydrogens is 238 g/mol. The molecule has 2 rings (SSSR count). The van der Waals surface area contributed by atoms with E-state index < -0.39 is 0 Å². The molecule has 0 radical (unpaired) electrons. The molecule has 0 amide bonds. The van der Waals surface area contributed by atoms with Gasteiger partial charge in [-0.05, 0) is 30.5 Å². The molecule has 0 saturated carbocycles. The van der Waals surface area contributed by atoms with Crippen molar-refractivity contribution in [3.8, 4) is 5.82 Å². The molecule has 1 atom stereocenters. The van der Waals surface area contributed by atoms with Gasteiger partial charge in [0.2, 0.25) is 0 Å². The van der Waals surface area contributed by atoms with Crippen LogP contribution in [0.3, 0.4) is 0 Å². The van der Waals surface area contributed by atoms with Crippen LogP contribution in [-0.2, 0) is 0 Å². The second-order valence-corrected chi connectivity index (χ2v) is 5.00. The van der Waals surface area contributed by atoms with Crippen LogP contribution < -0.4 is 11.1 Å². The number of aromatic nitrogens is 3. The van der Waals surface area contributed by atoms with Gasteiger partial charge in [0, 0.05) is 18.9 Å². The van der Waals surface area contributed by atoms with E-state index in [1.165, 1.54) is 0 Å². The number of imidazole rings is 1. The van der Waals surface area contributed by atoms with Crippen molar-refractivity contribution in [3.63, 3.8) is 0 Å². The Labute approximate surface area is 113 Å². The minimum absolute atomic E-state index is 0.480. The summed E-state index contributed by atoms with van der Waals surface area (Å²) in [6.45, 7) is 5.96. The van der Waals surface area contributed by atoms with Gasteiger partial charge in [-0.2, -0.15) is 0 Å². The summed E-state index contributed by atoms with van der Waals surface area (Å²) in [6.07, 6.45) is 7.18. The molecule has 0 aliphatic heterocycles. The summed E-state index contributed by atoms with van der Waals surface area (Å²) in [5.41, 5.74) is 6.78. The summed E-state index contributed by atoms with van der Waals surface area (Å²) in [4.78, 5) is 8.40. The van der Waals surface area contributed by atoms with Crippen LogP contribution in [0.2, 0.25) is 0 Å². The number of anilines is 1. The number of nitrogens with zero attached hydrogens (tertiary/aromatic N) is 3. The molecule has 0 aliphatic carbocycles. The summed E-state index contributed by atoms with van der Waals surface area (Å²) in [5.74, 6) is 1.92. The van der Waals surface area contributed by atoms with Crippen molar-refractivity contribution in [3.05, 3.63) is 37.1 Å². The van der Waals surface area contributed by atoms with Crippen LogP contribution in [-0.4, -0.2) is 27.6 Å². The van der Waals surface area contributed by atoms with E-state index in [4.69, 9.17) is 5.73 Å². The first-order valence-electron chi connectivity index (χ1n) is 6.59. The van der Waals surface area contributed by atoms with E-state index >= 15 is 0 Å². The first kappa shape index (κ1) is 13.5. The SMILES string of the molecule is CC(C)C(CN)CNc1ccc(-n2ccnc2)nc1. The van der Waals surface area contributed by atoms with Crippen LogP contribution in [0.1, 0.15) is 13.8 Å². The summed E-state index contributed by atoms with van der Waals surface area (Å²) in [5, 5.41) is 3.38. The van der Waals surface area contributed by atoms with Gasteiger partial charge < -0.3 is 11.1 Å². The van der Waals surface area contributed by atoms with E-state index in [2.05, 4.69) is 29.1 Å². The van der Waals surface area contributed by atoms with Crippen molar-refractivity contribution in [2.75, 3.05) is 18.4 Å². The molecule has 0 saturated heterocycles. The monoisotopic (exact) mass is 259 g/mol. The van der Waals surface area contributed by atoms with Gasteiger partial charge in [0.05, 0.1) is 11.9 Å². The Morgan fingerprint density at radius 1 is 1.37 bits per heavy atom. The predicted molar refractivity (Wildman–Crippen MR) is 77.2 cm³/mol. The smallest absolute Gasteiger partial charge is 0.137 e. The van der Waals surface area contributed by atoms with Crippen molar-refractivity contribution in [2.24, 2.45) is 17.6 Å². The zero-order valence-electron chi connectivity index (χ0n) is 11.5. The maximum Gasteiger partial charge on any atom is 0.137 e. The number of pyridine rings is 1. The Morgan fingerprint density at radius 2 is 2.21 bits per heavy atom. The van der Waals surface area contributed by atoms with Crippen molar-refractivity contribution >= 4 is 5.69 Å². The number of hydrogen-bond donors (Lipinski definition) is 2. The average molecular weight is 259 g/mol. The second-order valence-electron chi connectivity index (χ2n) is 5.00. The molecule has 0 aromatic carbocycles. The first-order valence-corrected chi connectivity index (χ1v) is 6.59.